The third kappa shape index (κ3) is 3.61. The molecule has 20 heavy (non-hydrogen) atoms. The van der Waals surface area contributed by atoms with Crippen LogP contribution in [0.1, 0.15) is 23.7 Å². The van der Waals surface area contributed by atoms with Gasteiger partial charge in [-0.05, 0) is 37.2 Å². The molecule has 0 spiro atoms. The van der Waals surface area contributed by atoms with Crippen LogP contribution in [-0.4, -0.2) is 46.2 Å². The summed E-state index contributed by atoms with van der Waals surface area (Å²) in [6.45, 7) is 4.97. The van der Waals surface area contributed by atoms with Gasteiger partial charge in [-0.15, -0.1) is 0 Å². The molecule has 0 bridgehead atoms. The molecule has 3 heterocycles. The normalized spacial score (nSPS) is 17.0. The minimum absolute atomic E-state index is 0.688. The molecule has 1 aliphatic heterocycles. The Morgan fingerprint density at radius 3 is 3.00 bits per heavy atom. The van der Waals surface area contributed by atoms with Crippen LogP contribution < -0.4 is 5.32 Å². The molecule has 0 amide bonds. The molecular weight excluding hydrogens is 254 g/mol. The first-order valence-corrected chi connectivity index (χ1v) is 7.03. The van der Waals surface area contributed by atoms with Gasteiger partial charge in [0, 0.05) is 31.9 Å². The molecule has 2 aromatic heterocycles. The summed E-state index contributed by atoms with van der Waals surface area (Å²) < 4.78 is 5.34. The maximum Gasteiger partial charge on any atom is 0.240 e. The predicted molar refractivity (Wildman–Crippen MR) is 74.1 cm³/mol. The number of nitrogens with one attached hydrogen (secondary N) is 1. The van der Waals surface area contributed by atoms with Crippen molar-refractivity contribution in [1.29, 1.82) is 0 Å². The Morgan fingerprint density at radius 2 is 2.10 bits per heavy atom. The second kappa shape index (κ2) is 6.58. The lowest BCUT2D eigenvalue weighted by Crippen LogP contribution is -2.27. The molecule has 6 heteroatoms. The zero-order valence-electron chi connectivity index (χ0n) is 11.5. The highest BCUT2D eigenvalue weighted by atomic mass is 16.5. The topological polar surface area (TPSA) is 67.1 Å². The maximum absolute atomic E-state index is 5.34. The molecule has 3 rings (SSSR count). The van der Waals surface area contributed by atoms with E-state index in [0.717, 1.165) is 50.5 Å². The summed E-state index contributed by atoms with van der Waals surface area (Å²) in [7, 11) is 0. The molecule has 1 aliphatic rings. The molecule has 0 aromatic carbocycles. The molecule has 1 fully saturated rings. The van der Waals surface area contributed by atoms with Crippen molar-refractivity contribution in [2.24, 2.45) is 0 Å². The van der Waals surface area contributed by atoms with Crippen molar-refractivity contribution in [3.63, 3.8) is 0 Å². The fraction of sp³-hybridized carbons (Fsp3) is 0.500. The molecule has 2 aromatic rings. The van der Waals surface area contributed by atoms with Gasteiger partial charge in [0.2, 0.25) is 5.89 Å². The Balaban J connectivity index is 1.59. The minimum atomic E-state index is 0.688. The third-order valence-electron chi connectivity index (χ3n) is 3.41. The van der Waals surface area contributed by atoms with Crippen LogP contribution in [0.2, 0.25) is 0 Å². The van der Waals surface area contributed by atoms with Crippen molar-refractivity contribution in [1.82, 2.24) is 25.3 Å². The van der Waals surface area contributed by atoms with Crippen molar-refractivity contribution < 1.29 is 4.52 Å². The quantitative estimate of drug-likeness (QED) is 0.891. The molecule has 0 unspecified atom stereocenters. The zero-order chi connectivity index (χ0) is 13.6. The number of pyridine rings is 1. The highest BCUT2D eigenvalue weighted by Gasteiger charge is 2.13. The summed E-state index contributed by atoms with van der Waals surface area (Å²) >= 11 is 0. The Labute approximate surface area is 118 Å². The number of aromatic nitrogens is 3. The fourth-order valence-corrected chi connectivity index (χ4v) is 2.36. The summed E-state index contributed by atoms with van der Waals surface area (Å²) in [6.07, 6.45) is 5.41. The van der Waals surface area contributed by atoms with Crippen LogP contribution in [0.15, 0.2) is 29.0 Å². The SMILES string of the molecule is c1cc(Cc2noc(CN3CCCNCC3)n2)ccn1. The van der Waals surface area contributed by atoms with Gasteiger partial charge in [-0.25, -0.2) is 0 Å². The number of hydrogen-bond acceptors (Lipinski definition) is 6. The first-order chi connectivity index (χ1) is 9.90. The average Bonchev–Trinajstić information content (AvgIpc) is 2.74. The van der Waals surface area contributed by atoms with Gasteiger partial charge in [0.25, 0.3) is 0 Å². The predicted octanol–water partition coefficient (Wildman–Crippen LogP) is 0.851. The third-order valence-corrected chi connectivity index (χ3v) is 3.41. The van der Waals surface area contributed by atoms with E-state index in [1.165, 1.54) is 0 Å². The Bertz CT molecular complexity index is 519. The summed E-state index contributed by atoms with van der Waals surface area (Å²) in [6, 6.07) is 3.94. The molecule has 0 atom stereocenters. The van der Waals surface area contributed by atoms with Gasteiger partial charge in [-0.3, -0.25) is 9.88 Å². The molecule has 0 radical (unpaired) electrons. The van der Waals surface area contributed by atoms with E-state index in [4.69, 9.17) is 4.52 Å². The molecule has 0 aliphatic carbocycles. The summed E-state index contributed by atoms with van der Waals surface area (Å²) in [5, 5.41) is 7.44. The first-order valence-electron chi connectivity index (χ1n) is 7.03. The molecule has 6 nitrogen and oxygen atoms in total. The second-order valence-electron chi connectivity index (χ2n) is 5.02. The van der Waals surface area contributed by atoms with Gasteiger partial charge in [-0.1, -0.05) is 5.16 Å². The lowest BCUT2D eigenvalue weighted by molar-refractivity contribution is 0.238. The van der Waals surface area contributed by atoms with Crippen LogP contribution in [0.4, 0.5) is 0 Å². The van der Waals surface area contributed by atoms with E-state index in [1.807, 2.05) is 12.1 Å². The highest BCUT2D eigenvalue weighted by molar-refractivity contribution is 5.14. The summed E-state index contributed by atoms with van der Waals surface area (Å²) in [5.74, 6) is 1.44. The van der Waals surface area contributed by atoms with Gasteiger partial charge < -0.3 is 9.84 Å². The van der Waals surface area contributed by atoms with Crippen molar-refractivity contribution in [3.05, 3.63) is 41.8 Å². The average molecular weight is 273 g/mol. The fourth-order valence-electron chi connectivity index (χ4n) is 2.36. The van der Waals surface area contributed by atoms with Crippen LogP contribution in [0.25, 0.3) is 0 Å². The van der Waals surface area contributed by atoms with Crippen LogP contribution in [0.3, 0.4) is 0 Å². The van der Waals surface area contributed by atoms with E-state index >= 15 is 0 Å². The van der Waals surface area contributed by atoms with Crippen LogP contribution in [0.5, 0.6) is 0 Å². The largest absolute Gasteiger partial charge is 0.338 e. The summed E-state index contributed by atoms with van der Waals surface area (Å²) in [4.78, 5) is 10.8. The van der Waals surface area contributed by atoms with E-state index in [-0.39, 0.29) is 0 Å². The molecule has 1 N–H and O–H groups in total. The maximum atomic E-state index is 5.34. The van der Waals surface area contributed by atoms with Crippen molar-refractivity contribution in [2.75, 3.05) is 26.2 Å². The molecule has 0 saturated carbocycles. The van der Waals surface area contributed by atoms with E-state index < -0.39 is 0 Å². The Morgan fingerprint density at radius 1 is 1.20 bits per heavy atom. The van der Waals surface area contributed by atoms with Gasteiger partial charge >= 0.3 is 0 Å². The van der Waals surface area contributed by atoms with Gasteiger partial charge in [0.15, 0.2) is 5.82 Å². The monoisotopic (exact) mass is 273 g/mol. The Kier molecular flexibility index (Phi) is 4.35. The van der Waals surface area contributed by atoms with Gasteiger partial charge in [0.1, 0.15) is 0 Å². The van der Waals surface area contributed by atoms with Crippen molar-refractivity contribution in [2.45, 2.75) is 19.4 Å². The molecule has 1 saturated heterocycles. The smallest absolute Gasteiger partial charge is 0.240 e. The van der Waals surface area contributed by atoms with Crippen LogP contribution in [0, 0.1) is 0 Å². The van der Waals surface area contributed by atoms with Gasteiger partial charge in [-0.2, -0.15) is 4.98 Å². The Hall–Kier alpha value is -1.79. The highest BCUT2D eigenvalue weighted by Crippen LogP contribution is 2.08. The van der Waals surface area contributed by atoms with E-state index in [9.17, 15) is 0 Å². The van der Waals surface area contributed by atoms with E-state index in [2.05, 4.69) is 25.3 Å². The van der Waals surface area contributed by atoms with Crippen molar-refractivity contribution >= 4 is 0 Å². The molecule has 106 valence electrons. The lowest BCUT2D eigenvalue weighted by atomic mass is 10.2. The standard InChI is InChI=1S/C14H19N5O/c1-4-15-7-9-19(8-1)11-14-17-13(18-20-14)10-12-2-5-16-6-3-12/h2-3,5-6,15H,1,4,7-11H2. The van der Waals surface area contributed by atoms with Crippen molar-refractivity contribution in [3.8, 4) is 0 Å². The van der Waals surface area contributed by atoms with E-state index in [0.29, 0.717) is 12.3 Å². The number of nitrogens with zero attached hydrogens (tertiary/aromatic N) is 4. The number of rotatable bonds is 4. The van der Waals surface area contributed by atoms with Crippen LogP contribution in [-0.2, 0) is 13.0 Å². The lowest BCUT2D eigenvalue weighted by Gasteiger charge is -2.16. The molecular formula is C14H19N5O. The second-order valence-corrected chi connectivity index (χ2v) is 5.02. The van der Waals surface area contributed by atoms with Gasteiger partial charge in [0.05, 0.1) is 6.54 Å². The minimum Gasteiger partial charge on any atom is -0.338 e. The zero-order valence-corrected chi connectivity index (χ0v) is 11.5. The first kappa shape index (κ1) is 13.2. The number of hydrogen-bond donors (Lipinski definition) is 1. The summed E-state index contributed by atoms with van der Waals surface area (Å²) in [5.41, 5.74) is 1.14. The van der Waals surface area contributed by atoms with Crippen LogP contribution >= 0.6 is 0 Å². The van der Waals surface area contributed by atoms with E-state index in [1.54, 1.807) is 12.4 Å².